The van der Waals surface area contributed by atoms with Gasteiger partial charge in [-0.2, -0.15) is 5.10 Å². The number of pyridine rings is 1. The maximum atomic E-state index is 9.40. The lowest BCUT2D eigenvalue weighted by molar-refractivity contribution is 0.202. The molecule has 2 aliphatic rings. The minimum atomic E-state index is 0.307. The van der Waals surface area contributed by atoms with Crippen LogP contribution >= 0.6 is 0 Å². The van der Waals surface area contributed by atoms with Gasteiger partial charge in [0.2, 0.25) is 0 Å². The molecule has 4 rings (SSSR count). The van der Waals surface area contributed by atoms with E-state index in [0.29, 0.717) is 12.5 Å². The highest BCUT2D eigenvalue weighted by molar-refractivity contribution is 5.67. The molecule has 0 atom stereocenters. The van der Waals surface area contributed by atoms with Crippen LogP contribution in [0.25, 0.3) is 0 Å². The molecule has 152 valence electrons. The van der Waals surface area contributed by atoms with Crippen LogP contribution in [0.5, 0.6) is 0 Å². The zero-order chi connectivity index (χ0) is 19.5. The highest BCUT2D eigenvalue weighted by Crippen LogP contribution is 2.31. The molecule has 2 aliphatic heterocycles. The number of nitrogens with zero attached hydrogens (tertiary/aromatic N) is 6. The first-order valence-electron chi connectivity index (χ1n) is 10.4. The third-order valence-electron chi connectivity index (χ3n) is 6.38. The summed E-state index contributed by atoms with van der Waals surface area (Å²) in [5.74, 6) is 1.55. The third kappa shape index (κ3) is 4.00. The molecule has 0 amide bonds. The number of aliphatic hydroxyl groups is 1. The topological polar surface area (TPSA) is 60.7 Å². The van der Waals surface area contributed by atoms with E-state index in [0.717, 1.165) is 64.5 Å². The average Bonchev–Trinajstić information content (AvgIpc) is 3.06. The summed E-state index contributed by atoms with van der Waals surface area (Å²) in [7, 11) is 2.00. The number of aryl methyl sites for hydroxylation is 1. The number of piperazine rings is 1. The summed E-state index contributed by atoms with van der Waals surface area (Å²) >= 11 is 0. The number of hydrogen-bond donors (Lipinski definition) is 1. The first-order chi connectivity index (χ1) is 13.7. The minimum absolute atomic E-state index is 0.307. The largest absolute Gasteiger partial charge is 0.396 e. The Morgan fingerprint density at radius 1 is 1.07 bits per heavy atom. The van der Waals surface area contributed by atoms with E-state index in [1.807, 2.05) is 30.2 Å². The first-order valence-corrected chi connectivity index (χ1v) is 10.4. The predicted octanol–water partition coefficient (Wildman–Crippen LogP) is 1.65. The van der Waals surface area contributed by atoms with Gasteiger partial charge in [-0.3, -0.25) is 9.58 Å². The van der Waals surface area contributed by atoms with Crippen molar-refractivity contribution in [3.63, 3.8) is 0 Å². The molecule has 0 aliphatic carbocycles. The molecule has 0 unspecified atom stereocenters. The van der Waals surface area contributed by atoms with Crippen molar-refractivity contribution in [1.82, 2.24) is 19.7 Å². The van der Waals surface area contributed by atoms with Crippen molar-refractivity contribution in [1.29, 1.82) is 0 Å². The van der Waals surface area contributed by atoms with E-state index < -0.39 is 0 Å². The first kappa shape index (κ1) is 19.2. The van der Waals surface area contributed by atoms with Gasteiger partial charge in [0.05, 0.1) is 11.9 Å². The zero-order valence-electron chi connectivity index (χ0n) is 17.1. The van der Waals surface area contributed by atoms with Gasteiger partial charge >= 0.3 is 0 Å². The molecule has 2 fully saturated rings. The van der Waals surface area contributed by atoms with Crippen molar-refractivity contribution in [3.8, 4) is 0 Å². The van der Waals surface area contributed by atoms with Crippen molar-refractivity contribution in [2.45, 2.75) is 26.3 Å². The second kappa shape index (κ2) is 8.49. The molecular weight excluding hydrogens is 352 g/mol. The third-order valence-corrected chi connectivity index (χ3v) is 6.38. The second-order valence-corrected chi connectivity index (χ2v) is 8.10. The maximum absolute atomic E-state index is 9.40. The average molecular weight is 385 g/mol. The summed E-state index contributed by atoms with van der Waals surface area (Å²) in [5.41, 5.74) is 3.83. The Bertz CT molecular complexity index is 775. The van der Waals surface area contributed by atoms with Crippen molar-refractivity contribution in [2.24, 2.45) is 13.0 Å². The summed E-state index contributed by atoms with van der Waals surface area (Å²) in [6, 6.07) is 4.26. The van der Waals surface area contributed by atoms with Crippen LogP contribution < -0.4 is 9.80 Å². The van der Waals surface area contributed by atoms with E-state index in [1.165, 1.54) is 16.9 Å². The zero-order valence-corrected chi connectivity index (χ0v) is 17.1. The smallest absolute Gasteiger partial charge is 0.152 e. The number of aliphatic hydroxyl groups excluding tert-OH is 1. The highest BCUT2D eigenvalue weighted by atomic mass is 16.3. The van der Waals surface area contributed by atoms with Gasteiger partial charge in [0.25, 0.3) is 0 Å². The summed E-state index contributed by atoms with van der Waals surface area (Å²) in [6.07, 6.45) is 5.99. The molecule has 7 nitrogen and oxygen atoms in total. The van der Waals surface area contributed by atoms with Gasteiger partial charge in [-0.25, -0.2) is 4.98 Å². The van der Waals surface area contributed by atoms with E-state index in [-0.39, 0.29) is 0 Å². The number of piperidine rings is 1. The van der Waals surface area contributed by atoms with Gasteiger partial charge in [0.15, 0.2) is 5.82 Å². The Labute approximate surface area is 167 Å². The van der Waals surface area contributed by atoms with E-state index in [2.05, 4.69) is 32.8 Å². The number of anilines is 2. The van der Waals surface area contributed by atoms with E-state index in [1.54, 1.807) is 0 Å². The molecule has 0 spiro atoms. The molecule has 28 heavy (non-hydrogen) atoms. The van der Waals surface area contributed by atoms with Crippen molar-refractivity contribution in [2.75, 3.05) is 55.7 Å². The molecule has 2 aromatic rings. The van der Waals surface area contributed by atoms with Crippen LogP contribution in [0.1, 0.15) is 24.1 Å². The van der Waals surface area contributed by atoms with Crippen molar-refractivity contribution >= 4 is 11.5 Å². The molecule has 0 aromatic carbocycles. The highest BCUT2D eigenvalue weighted by Gasteiger charge is 2.25. The van der Waals surface area contributed by atoms with Crippen LogP contribution in [0, 0.1) is 12.8 Å². The van der Waals surface area contributed by atoms with E-state index in [4.69, 9.17) is 4.98 Å². The number of rotatable bonds is 5. The van der Waals surface area contributed by atoms with Crippen LogP contribution in [0.3, 0.4) is 0 Å². The van der Waals surface area contributed by atoms with Crippen LogP contribution in [0.15, 0.2) is 24.5 Å². The standard InChI is InChI=1S/C21H32N6O/c1-17-19(14-23-24(17)2)15-25-10-12-26(13-11-25)20-4-3-7-22-21(20)27-8-5-18(16-28)6-9-27/h3-4,7,14,18,28H,5-6,8-13,15-16H2,1-2H3. The monoisotopic (exact) mass is 384 g/mol. The molecule has 2 aromatic heterocycles. The fraction of sp³-hybridized carbons (Fsp3) is 0.619. The van der Waals surface area contributed by atoms with Crippen LogP contribution in [0.4, 0.5) is 11.5 Å². The van der Waals surface area contributed by atoms with Gasteiger partial charge in [0, 0.05) is 76.9 Å². The molecule has 0 bridgehead atoms. The van der Waals surface area contributed by atoms with Gasteiger partial charge < -0.3 is 14.9 Å². The maximum Gasteiger partial charge on any atom is 0.152 e. The van der Waals surface area contributed by atoms with Crippen LogP contribution in [-0.4, -0.2) is 70.6 Å². The normalized spacial score (nSPS) is 19.4. The summed E-state index contributed by atoms with van der Waals surface area (Å²) in [6.45, 7) is 9.52. The Balaban J connectivity index is 1.39. The summed E-state index contributed by atoms with van der Waals surface area (Å²) in [4.78, 5) is 12.1. The number of hydrogen-bond acceptors (Lipinski definition) is 6. The summed E-state index contributed by atoms with van der Waals surface area (Å²) < 4.78 is 1.95. The molecule has 0 saturated carbocycles. The lowest BCUT2D eigenvalue weighted by Gasteiger charge is -2.39. The van der Waals surface area contributed by atoms with E-state index in [9.17, 15) is 5.11 Å². The van der Waals surface area contributed by atoms with Crippen molar-refractivity contribution < 1.29 is 5.11 Å². The van der Waals surface area contributed by atoms with Crippen LogP contribution in [-0.2, 0) is 13.6 Å². The fourth-order valence-corrected chi connectivity index (χ4v) is 4.29. The van der Waals surface area contributed by atoms with Gasteiger partial charge in [-0.1, -0.05) is 0 Å². The van der Waals surface area contributed by atoms with Gasteiger partial charge in [-0.05, 0) is 37.8 Å². The second-order valence-electron chi connectivity index (χ2n) is 8.10. The minimum Gasteiger partial charge on any atom is -0.396 e. The molecule has 4 heterocycles. The lowest BCUT2D eigenvalue weighted by Crippen LogP contribution is -2.46. The number of aromatic nitrogens is 3. The van der Waals surface area contributed by atoms with Crippen molar-refractivity contribution in [3.05, 3.63) is 35.8 Å². The molecule has 0 radical (unpaired) electrons. The Morgan fingerprint density at radius 3 is 2.46 bits per heavy atom. The van der Waals surface area contributed by atoms with Gasteiger partial charge in [-0.15, -0.1) is 0 Å². The fourth-order valence-electron chi connectivity index (χ4n) is 4.29. The molecule has 7 heteroatoms. The predicted molar refractivity (Wildman–Crippen MR) is 112 cm³/mol. The van der Waals surface area contributed by atoms with E-state index >= 15 is 0 Å². The van der Waals surface area contributed by atoms with Crippen LogP contribution in [0.2, 0.25) is 0 Å². The quantitative estimate of drug-likeness (QED) is 0.846. The van der Waals surface area contributed by atoms with Gasteiger partial charge in [0.1, 0.15) is 0 Å². The Kier molecular flexibility index (Phi) is 5.82. The molecule has 2 saturated heterocycles. The molecule has 1 N–H and O–H groups in total. The lowest BCUT2D eigenvalue weighted by atomic mass is 9.98. The Morgan fingerprint density at radius 2 is 1.82 bits per heavy atom. The Hall–Kier alpha value is -2.12. The molecular formula is C21H32N6O. The summed E-state index contributed by atoms with van der Waals surface area (Å²) in [5, 5.41) is 13.8. The SMILES string of the molecule is Cc1c(CN2CCN(c3cccnc3N3CCC(CO)CC3)CC2)cnn1C.